The van der Waals surface area contributed by atoms with Crippen LogP contribution in [0.5, 0.6) is 0 Å². The number of anilines is 1. The van der Waals surface area contributed by atoms with E-state index >= 15 is 0 Å². The zero-order chi connectivity index (χ0) is 25.2. The number of nitrogens with zero attached hydrogens (tertiary/aromatic N) is 7. The SMILES string of the molecule is Cc1cc(-c2cnc(N)c(-n3cc(C(=O)N(C)CCN4CCCCC4)cn3)n2)cc2c1CCN(C)C2. The molecule has 2 aliphatic heterocycles. The third-order valence-corrected chi connectivity index (χ3v) is 7.42. The zero-order valence-corrected chi connectivity index (χ0v) is 21.6. The number of carbonyl (C=O) groups is 1. The molecule has 0 bridgehead atoms. The summed E-state index contributed by atoms with van der Waals surface area (Å²) in [5.41, 5.74) is 12.5. The molecule has 1 fully saturated rings. The lowest BCUT2D eigenvalue weighted by Crippen LogP contribution is -2.38. The van der Waals surface area contributed by atoms with Gasteiger partial charge in [-0.15, -0.1) is 0 Å². The molecule has 0 atom stereocenters. The number of hydrogen-bond donors (Lipinski definition) is 1. The van der Waals surface area contributed by atoms with Crippen molar-refractivity contribution < 1.29 is 4.79 Å². The summed E-state index contributed by atoms with van der Waals surface area (Å²) in [5, 5.41) is 4.40. The quantitative estimate of drug-likeness (QED) is 0.570. The number of hydrogen-bond acceptors (Lipinski definition) is 7. The Hall–Kier alpha value is -3.30. The zero-order valence-electron chi connectivity index (χ0n) is 21.6. The van der Waals surface area contributed by atoms with Crippen LogP contribution in [0.1, 0.15) is 46.3 Å². The molecule has 2 aromatic heterocycles. The third kappa shape index (κ3) is 5.12. The van der Waals surface area contributed by atoms with Crippen LogP contribution < -0.4 is 5.73 Å². The van der Waals surface area contributed by atoms with Gasteiger partial charge in [0.15, 0.2) is 11.6 Å². The number of aromatic nitrogens is 4. The largest absolute Gasteiger partial charge is 0.381 e. The van der Waals surface area contributed by atoms with Gasteiger partial charge in [0.1, 0.15) is 0 Å². The van der Waals surface area contributed by atoms with Crippen molar-refractivity contribution in [1.82, 2.24) is 34.4 Å². The molecule has 36 heavy (non-hydrogen) atoms. The molecule has 2 N–H and O–H groups in total. The van der Waals surface area contributed by atoms with Gasteiger partial charge in [-0.05, 0) is 75.1 Å². The molecule has 9 nitrogen and oxygen atoms in total. The fourth-order valence-corrected chi connectivity index (χ4v) is 5.25. The average molecular weight is 489 g/mol. The number of rotatable bonds is 6. The summed E-state index contributed by atoms with van der Waals surface area (Å²) >= 11 is 0. The minimum absolute atomic E-state index is 0.0598. The van der Waals surface area contributed by atoms with E-state index in [0.29, 0.717) is 17.9 Å². The lowest BCUT2D eigenvalue weighted by atomic mass is 9.92. The summed E-state index contributed by atoms with van der Waals surface area (Å²) < 4.78 is 1.55. The van der Waals surface area contributed by atoms with Crippen molar-refractivity contribution in [2.75, 3.05) is 52.6 Å². The van der Waals surface area contributed by atoms with Gasteiger partial charge in [-0.25, -0.2) is 14.6 Å². The molecule has 1 aromatic carbocycles. The van der Waals surface area contributed by atoms with Gasteiger partial charge in [-0.1, -0.05) is 6.42 Å². The second-order valence-corrected chi connectivity index (χ2v) is 10.2. The Balaban J connectivity index is 1.34. The van der Waals surface area contributed by atoms with Gasteiger partial charge in [0.2, 0.25) is 0 Å². The lowest BCUT2D eigenvalue weighted by molar-refractivity contribution is 0.0773. The number of amides is 1. The van der Waals surface area contributed by atoms with Gasteiger partial charge in [0.05, 0.1) is 23.7 Å². The molecule has 2 aliphatic rings. The first-order valence-electron chi connectivity index (χ1n) is 12.9. The topological polar surface area (TPSA) is 96.4 Å². The van der Waals surface area contributed by atoms with Crippen molar-refractivity contribution in [2.24, 2.45) is 0 Å². The molecule has 0 spiro atoms. The molecule has 0 unspecified atom stereocenters. The van der Waals surface area contributed by atoms with E-state index in [1.807, 2.05) is 7.05 Å². The van der Waals surface area contributed by atoms with Crippen LogP contribution in [-0.4, -0.2) is 87.2 Å². The van der Waals surface area contributed by atoms with Gasteiger partial charge in [0, 0.05) is 45.0 Å². The molecule has 4 heterocycles. The van der Waals surface area contributed by atoms with E-state index < -0.39 is 0 Å². The van der Waals surface area contributed by atoms with Crippen molar-refractivity contribution in [3.05, 3.63) is 53.0 Å². The molecular formula is C27H36N8O. The Morgan fingerprint density at radius 1 is 1.14 bits per heavy atom. The number of fused-ring (bicyclic) bond motifs is 1. The molecular weight excluding hydrogens is 452 g/mol. The Morgan fingerprint density at radius 3 is 2.75 bits per heavy atom. The molecule has 0 radical (unpaired) electrons. The molecule has 3 aromatic rings. The highest BCUT2D eigenvalue weighted by atomic mass is 16.2. The fourth-order valence-electron chi connectivity index (χ4n) is 5.25. The maximum atomic E-state index is 13.0. The predicted molar refractivity (Wildman–Crippen MR) is 141 cm³/mol. The van der Waals surface area contributed by atoms with E-state index in [0.717, 1.165) is 50.4 Å². The summed E-state index contributed by atoms with van der Waals surface area (Å²) in [4.78, 5) is 28.7. The van der Waals surface area contributed by atoms with E-state index in [1.165, 1.54) is 36.0 Å². The summed E-state index contributed by atoms with van der Waals surface area (Å²) in [7, 11) is 3.99. The molecule has 5 rings (SSSR count). The van der Waals surface area contributed by atoms with Crippen LogP contribution in [0.3, 0.4) is 0 Å². The second-order valence-electron chi connectivity index (χ2n) is 10.2. The highest BCUT2D eigenvalue weighted by molar-refractivity contribution is 5.93. The minimum Gasteiger partial charge on any atom is -0.381 e. The number of nitrogens with two attached hydrogens (primary N) is 1. The van der Waals surface area contributed by atoms with E-state index in [4.69, 9.17) is 10.7 Å². The van der Waals surface area contributed by atoms with Gasteiger partial charge in [-0.2, -0.15) is 5.10 Å². The number of piperidine rings is 1. The van der Waals surface area contributed by atoms with Crippen molar-refractivity contribution in [2.45, 2.75) is 39.2 Å². The van der Waals surface area contributed by atoms with Crippen LogP contribution in [-0.2, 0) is 13.0 Å². The first-order chi connectivity index (χ1) is 17.4. The molecule has 190 valence electrons. The van der Waals surface area contributed by atoms with E-state index in [9.17, 15) is 4.79 Å². The van der Waals surface area contributed by atoms with Crippen LogP contribution >= 0.6 is 0 Å². The van der Waals surface area contributed by atoms with Crippen LogP contribution in [0, 0.1) is 6.92 Å². The Bertz CT molecular complexity index is 1250. The first-order valence-corrected chi connectivity index (χ1v) is 12.9. The third-order valence-electron chi connectivity index (χ3n) is 7.42. The van der Waals surface area contributed by atoms with Crippen molar-refractivity contribution in [1.29, 1.82) is 0 Å². The number of benzene rings is 1. The second kappa shape index (κ2) is 10.4. The summed E-state index contributed by atoms with van der Waals surface area (Å²) in [6.07, 6.45) is 9.83. The molecule has 0 saturated carbocycles. The number of likely N-dealkylation sites (N-methyl/N-ethyl adjacent to an activating group) is 2. The number of likely N-dealkylation sites (tertiary alicyclic amines) is 1. The Kier molecular flexibility index (Phi) is 7.02. The standard InChI is InChI=1S/C27H36N8O/c1-19-13-20(14-21-17-32(2)10-7-23(19)21)24-16-29-25(28)26(31-24)35-18-22(15-30-35)27(36)33(3)11-12-34-8-5-4-6-9-34/h13-16,18H,4-12,17H2,1-3H3,(H2,28,29). The number of carbonyl (C=O) groups excluding carboxylic acids is 1. The monoisotopic (exact) mass is 488 g/mol. The maximum absolute atomic E-state index is 13.0. The summed E-state index contributed by atoms with van der Waals surface area (Å²) in [6.45, 7) is 7.99. The normalized spacial score (nSPS) is 16.6. The van der Waals surface area contributed by atoms with E-state index in [1.54, 1.807) is 28.2 Å². The number of aryl methyl sites for hydroxylation is 1. The average Bonchev–Trinajstić information content (AvgIpc) is 3.37. The molecule has 1 saturated heterocycles. The van der Waals surface area contributed by atoms with Gasteiger partial charge in [-0.3, -0.25) is 4.79 Å². The van der Waals surface area contributed by atoms with Gasteiger partial charge in [0.25, 0.3) is 5.91 Å². The van der Waals surface area contributed by atoms with Crippen LogP contribution in [0.4, 0.5) is 5.82 Å². The highest BCUT2D eigenvalue weighted by Gasteiger charge is 2.20. The smallest absolute Gasteiger partial charge is 0.256 e. The van der Waals surface area contributed by atoms with Crippen LogP contribution in [0.15, 0.2) is 30.7 Å². The Morgan fingerprint density at radius 2 is 1.94 bits per heavy atom. The lowest BCUT2D eigenvalue weighted by Gasteiger charge is -2.28. The van der Waals surface area contributed by atoms with Gasteiger partial charge >= 0.3 is 0 Å². The molecule has 9 heteroatoms. The van der Waals surface area contributed by atoms with Crippen LogP contribution in [0.25, 0.3) is 17.1 Å². The van der Waals surface area contributed by atoms with Crippen LogP contribution in [0.2, 0.25) is 0 Å². The molecule has 1 amide bonds. The minimum atomic E-state index is -0.0598. The van der Waals surface area contributed by atoms with E-state index in [2.05, 4.69) is 46.0 Å². The van der Waals surface area contributed by atoms with Crippen molar-refractivity contribution in [3.63, 3.8) is 0 Å². The molecule has 0 aliphatic carbocycles. The number of nitrogen functional groups attached to an aromatic ring is 1. The fraction of sp³-hybridized carbons (Fsp3) is 0.481. The Labute approximate surface area is 212 Å². The van der Waals surface area contributed by atoms with E-state index in [-0.39, 0.29) is 11.7 Å². The highest BCUT2D eigenvalue weighted by Crippen LogP contribution is 2.29. The summed E-state index contributed by atoms with van der Waals surface area (Å²) in [6, 6.07) is 4.38. The van der Waals surface area contributed by atoms with Crippen molar-refractivity contribution >= 4 is 11.7 Å². The van der Waals surface area contributed by atoms with Gasteiger partial charge < -0.3 is 20.4 Å². The first kappa shape index (κ1) is 24.4. The summed E-state index contributed by atoms with van der Waals surface area (Å²) in [5.74, 6) is 0.638. The van der Waals surface area contributed by atoms with Crippen molar-refractivity contribution in [3.8, 4) is 17.1 Å². The maximum Gasteiger partial charge on any atom is 0.256 e. The predicted octanol–water partition coefficient (Wildman–Crippen LogP) is 2.77.